The van der Waals surface area contributed by atoms with E-state index in [-0.39, 0.29) is 24.5 Å². The Morgan fingerprint density at radius 3 is 1.50 bits per heavy atom. The first-order chi connectivity index (χ1) is 27.6. The number of ether oxygens (including phenoxy) is 2. The van der Waals surface area contributed by atoms with Gasteiger partial charge in [-0.2, -0.15) is 19.2 Å². The lowest BCUT2D eigenvalue weighted by molar-refractivity contribution is -0.193. The third-order valence-electron chi connectivity index (χ3n) is 9.45. The van der Waals surface area contributed by atoms with Gasteiger partial charge in [0.2, 0.25) is 0 Å². The minimum Gasteiger partial charge on any atom is -0.444 e. The van der Waals surface area contributed by atoms with Crippen LogP contribution in [0.25, 0.3) is 27.8 Å². The highest BCUT2D eigenvalue weighted by atomic mass is 16.6. The number of likely N-dealkylation sites (tertiary alicyclic amines) is 1. The molecule has 2 amide bonds. The van der Waals surface area contributed by atoms with Gasteiger partial charge in [-0.15, -0.1) is 0 Å². The van der Waals surface area contributed by atoms with E-state index in [4.69, 9.17) is 28.7 Å². The van der Waals surface area contributed by atoms with E-state index in [0.717, 1.165) is 38.8 Å². The predicted molar refractivity (Wildman–Crippen MR) is 223 cm³/mol. The molecule has 2 aliphatic rings. The van der Waals surface area contributed by atoms with Gasteiger partial charge < -0.3 is 19.3 Å². The summed E-state index contributed by atoms with van der Waals surface area (Å²) in [5.41, 5.74) is 9.38. The summed E-state index contributed by atoms with van der Waals surface area (Å²) in [4.78, 5) is 60.8. The number of rotatable bonds is 5. The van der Waals surface area contributed by atoms with Crippen LogP contribution in [0.5, 0.6) is 0 Å². The summed E-state index contributed by atoms with van der Waals surface area (Å²) in [7, 11) is 0. The molecule has 0 saturated carbocycles. The summed E-state index contributed by atoms with van der Waals surface area (Å²) in [6.07, 6.45) is 3.86. The van der Waals surface area contributed by atoms with Gasteiger partial charge in [0, 0.05) is 26.2 Å². The molecule has 0 radical (unpaired) electrons. The molecule has 10 nitrogen and oxygen atoms in total. The number of carbonyl (C=O) groups is 2. The molecule has 306 valence electrons. The maximum Gasteiger partial charge on any atom is 0.410 e. The molecule has 4 aromatic carbocycles. The van der Waals surface area contributed by atoms with Crippen LogP contribution in [0.4, 0.5) is 9.59 Å². The normalized spacial score (nSPS) is 14.1. The van der Waals surface area contributed by atoms with E-state index < -0.39 is 11.2 Å². The summed E-state index contributed by atoms with van der Waals surface area (Å²) < 4.78 is 11.0. The SMILES string of the molecule is CC(C)(C)OC(=O)N1CCC(c2cccc(-c3ccccc3)c2)CC1.CCC1=C(c2cccc(-c3ccccc3)c2)CCN(C(=O)OC(C)(C)C)C1.O=C=O.O=C=O. The first-order valence-corrected chi connectivity index (χ1v) is 19.6. The van der Waals surface area contributed by atoms with Gasteiger partial charge in [-0.25, -0.2) is 9.59 Å². The number of hydrogen-bond acceptors (Lipinski definition) is 8. The first-order valence-electron chi connectivity index (χ1n) is 19.6. The third kappa shape index (κ3) is 15.1. The van der Waals surface area contributed by atoms with E-state index in [0.29, 0.717) is 19.0 Å². The van der Waals surface area contributed by atoms with Crippen molar-refractivity contribution < 1.29 is 38.2 Å². The summed E-state index contributed by atoms with van der Waals surface area (Å²) in [5.74, 6) is 0.502. The van der Waals surface area contributed by atoms with Gasteiger partial charge in [-0.05, 0) is 124 Å². The van der Waals surface area contributed by atoms with Crippen molar-refractivity contribution in [1.82, 2.24) is 9.80 Å². The topological polar surface area (TPSA) is 127 Å². The van der Waals surface area contributed by atoms with Gasteiger partial charge in [0.1, 0.15) is 11.2 Å². The van der Waals surface area contributed by atoms with Crippen LogP contribution in [0, 0.1) is 0 Å². The Bertz CT molecular complexity index is 2000. The van der Waals surface area contributed by atoms with Crippen LogP contribution in [0.1, 0.15) is 91.2 Å². The van der Waals surface area contributed by atoms with Crippen LogP contribution in [-0.4, -0.2) is 71.7 Å². The average molecular weight is 789 g/mol. The molecule has 10 heteroatoms. The molecule has 6 rings (SSSR count). The highest BCUT2D eigenvalue weighted by Gasteiger charge is 2.28. The zero-order valence-electron chi connectivity index (χ0n) is 34.8. The van der Waals surface area contributed by atoms with Crippen LogP contribution in [-0.2, 0) is 28.7 Å². The molecule has 1 saturated heterocycles. The van der Waals surface area contributed by atoms with Gasteiger partial charge in [0.05, 0.1) is 0 Å². The molecule has 2 heterocycles. The second-order valence-electron chi connectivity index (χ2n) is 15.9. The molecule has 0 bridgehead atoms. The number of nitrogens with zero attached hydrogens (tertiary/aromatic N) is 2. The van der Waals surface area contributed by atoms with Crippen molar-refractivity contribution in [2.75, 3.05) is 26.2 Å². The van der Waals surface area contributed by atoms with Crippen LogP contribution < -0.4 is 0 Å². The Labute approximate surface area is 342 Å². The van der Waals surface area contributed by atoms with Gasteiger partial charge in [0.25, 0.3) is 0 Å². The molecule has 2 aliphatic heterocycles. The predicted octanol–water partition coefficient (Wildman–Crippen LogP) is 10.5. The molecule has 58 heavy (non-hydrogen) atoms. The van der Waals surface area contributed by atoms with Crippen LogP contribution in [0.15, 0.2) is 115 Å². The number of carbonyl (C=O) groups excluding carboxylic acids is 6. The Morgan fingerprint density at radius 1 is 0.586 bits per heavy atom. The summed E-state index contributed by atoms with van der Waals surface area (Å²) in [5, 5.41) is 0. The molecule has 0 aliphatic carbocycles. The fourth-order valence-corrected chi connectivity index (χ4v) is 6.83. The van der Waals surface area contributed by atoms with Crippen LogP contribution in [0.3, 0.4) is 0 Å². The highest BCUT2D eigenvalue weighted by molar-refractivity contribution is 5.77. The van der Waals surface area contributed by atoms with E-state index in [1.165, 1.54) is 44.5 Å². The number of benzene rings is 4. The fourth-order valence-electron chi connectivity index (χ4n) is 6.83. The van der Waals surface area contributed by atoms with Crippen molar-refractivity contribution in [3.05, 3.63) is 126 Å². The smallest absolute Gasteiger partial charge is 0.410 e. The summed E-state index contributed by atoms with van der Waals surface area (Å²) in [6.45, 7) is 16.5. The lowest BCUT2D eigenvalue weighted by atomic mass is 9.88. The Morgan fingerprint density at radius 2 is 1.02 bits per heavy atom. The monoisotopic (exact) mass is 788 g/mol. The first kappa shape index (κ1) is 46.3. The van der Waals surface area contributed by atoms with Gasteiger partial charge in [0.15, 0.2) is 0 Å². The molecule has 0 N–H and O–H groups in total. The molecule has 0 unspecified atom stereocenters. The zero-order chi connectivity index (χ0) is 42.7. The van der Waals surface area contributed by atoms with E-state index in [1.807, 2.05) is 63.5 Å². The maximum atomic E-state index is 12.4. The quantitative estimate of drug-likeness (QED) is 0.196. The molecule has 1 fully saturated rings. The average Bonchev–Trinajstić information content (AvgIpc) is 3.21. The summed E-state index contributed by atoms with van der Waals surface area (Å²) in [6, 6.07) is 38.4. The largest absolute Gasteiger partial charge is 0.444 e. The molecular weight excluding hydrogens is 733 g/mol. The Kier molecular flexibility index (Phi) is 18.0. The van der Waals surface area contributed by atoms with Gasteiger partial charge >= 0.3 is 24.5 Å². The second-order valence-corrected chi connectivity index (χ2v) is 15.9. The van der Waals surface area contributed by atoms with Gasteiger partial charge in [-0.3, -0.25) is 0 Å². The Balaban J connectivity index is 0.000000274. The molecule has 4 aromatic rings. The molecular formula is C48H56N2O8. The minimum atomic E-state index is -0.461. The molecule has 0 atom stereocenters. The highest BCUT2D eigenvalue weighted by Crippen LogP contribution is 2.33. The molecule has 0 aromatic heterocycles. The van der Waals surface area contributed by atoms with E-state index >= 15 is 0 Å². The number of piperidine rings is 1. The van der Waals surface area contributed by atoms with E-state index in [2.05, 4.69) is 104 Å². The van der Waals surface area contributed by atoms with Crippen molar-refractivity contribution in [2.24, 2.45) is 0 Å². The molecule has 0 spiro atoms. The minimum absolute atomic E-state index is 0.191. The van der Waals surface area contributed by atoms with Crippen LogP contribution >= 0.6 is 0 Å². The number of amides is 2. The summed E-state index contributed by atoms with van der Waals surface area (Å²) >= 11 is 0. The van der Waals surface area contributed by atoms with E-state index in [1.54, 1.807) is 0 Å². The lowest BCUT2D eigenvalue weighted by Crippen LogP contribution is -2.41. The Hall–Kier alpha value is -6.08. The van der Waals surface area contributed by atoms with Crippen molar-refractivity contribution in [3.8, 4) is 22.3 Å². The number of hydrogen-bond donors (Lipinski definition) is 0. The van der Waals surface area contributed by atoms with Crippen molar-refractivity contribution in [1.29, 1.82) is 0 Å². The third-order valence-corrected chi connectivity index (χ3v) is 9.45. The maximum absolute atomic E-state index is 12.4. The van der Waals surface area contributed by atoms with Crippen molar-refractivity contribution in [2.45, 2.75) is 91.3 Å². The van der Waals surface area contributed by atoms with E-state index in [9.17, 15) is 9.59 Å². The van der Waals surface area contributed by atoms with Gasteiger partial charge in [-0.1, -0.05) is 110 Å². The second kappa shape index (κ2) is 22.6. The standard InChI is InChI=1S/C24H29NO2.C22H27NO2.2CO2/c1-5-18-17-25(23(26)27-24(2,3)4)15-14-22(18)21-13-9-12-20(16-21)19-10-7-6-8-11-19;1-22(2,3)25-21(24)23-14-12-18(13-15-23)20-11-7-10-19(16-20)17-8-5-4-6-9-17;2*2-1-3/h6-13,16H,5,14-15,17H2,1-4H3;4-11,16,18H,12-15H2,1-3H3;;. The fraction of sp³-hybridized carbons (Fsp3) is 0.375. The zero-order valence-corrected chi connectivity index (χ0v) is 34.8. The van der Waals surface area contributed by atoms with Crippen LogP contribution in [0.2, 0.25) is 0 Å². The van der Waals surface area contributed by atoms with Crippen molar-refractivity contribution >= 4 is 30.1 Å². The lowest BCUT2D eigenvalue weighted by Gasteiger charge is -2.33. The van der Waals surface area contributed by atoms with Crippen molar-refractivity contribution in [3.63, 3.8) is 0 Å².